The molecule has 1 amide bonds. The SMILES string of the molecule is CCOC(=O)C1CN(SCCCN)CCC1NC(=O)c1cc(C2CC2)on1. The van der Waals surface area contributed by atoms with Gasteiger partial charge in [0.05, 0.1) is 12.5 Å². The van der Waals surface area contributed by atoms with Crippen LogP contribution in [0.15, 0.2) is 10.6 Å². The van der Waals surface area contributed by atoms with Crippen molar-refractivity contribution in [2.75, 3.05) is 32.0 Å². The minimum absolute atomic E-state index is 0.272. The van der Waals surface area contributed by atoms with Gasteiger partial charge in [-0.2, -0.15) is 0 Å². The average molecular weight is 397 g/mol. The number of hydrogen-bond acceptors (Lipinski definition) is 8. The van der Waals surface area contributed by atoms with Crippen LogP contribution in [0.25, 0.3) is 0 Å². The molecule has 0 bridgehead atoms. The van der Waals surface area contributed by atoms with Gasteiger partial charge in [-0.15, -0.1) is 0 Å². The number of hydrogen-bond donors (Lipinski definition) is 2. The Kier molecular flexibility index (Phi) is 7.14. The van der Waals surface area contributed by atoms with Crippen LogP contribution in [0.4, 0.5) is 0 Å². The fourth-order valence-electron chi connectivity index (χ4n) is 3.18. The fraction of sp³-hybridized carbons (Fsp3) is 0.722. The summed E-state index contributed by atoms with van der Waals surface area (Å²) >= 11 is 1.70. The molecule has 2 aliphatic rings. The highest BCUT2D eigenvalue weighted by Gasteiger charge is 2.37. The van der Waals surface area contributed by atoms with Gasteiger partial charge in [-0.1, -0.05) is 17.1 Å². The van der Waals surface area contributed by atoms with Crippen LogP contribution in [0, 0.1) is 5.92 Å². The zero-order valence-corrected chi connectivity index (χ0v) is 16.5. The van der Waals surface area contributed by atoms with Crippen LogP contribution in [-0.4, -0.2) is 59.4 Å². The van der Waals surface area contributed by atoms with Gasteiger partial charge in [-0.05, 0) is 39.2 Å². The van der Waals surface area contributed by atoms with E-state index in [0.717, 1.165) is 37.3 Å². The van der Waals surface area contributed by atoms with Gasteiger partial charge in [0.2, 0.25) is 0 Å². The van der Waals surface area contributed by atoms with E-state index >= 15 is 0 Å². The molecule has 27 heavy (non-hydrogen) atoms. The van der Waals surface area contributed by atoms with Gasteiger partial charge < -0.3 is 20.3 Å². The van der Waals surface area contributed by atoms with E-state index in [-0.39, 0.29) is 23.6 Å². The van der Waals surface area contributed by atoms with E-state index in [2.05, 4.69) is 14.8 Å². The van der Waals surface area contributed by atoms with Gasteiger partial charge in [0.1, 0.15) is 5.76 Å². The number of piperidine rings is 1. The van der Waals surface area contributed by atoms with Crippen molar-refractivity contribution >= 4 is 23.8 Å². The van der Waals surface area contributed by atoms with Gasteiger partial charge in [0.15, 0.2) is 5.69 Å². The summed E-state index contributed by atoms with van der Waals surface area (Å²) in [5.74, 6) is 1.13. The summed E-state index contributed by atoms with van der Waals surface area (Å²) in [6.45, 7) is 4.11. The lowest BCUT2D eigenvalue weighted by Gasteiger charge is -2.36. The Morgan fingerprint density at radius 3 is 2.96 bits per heavy atom. The number of ether oxygens (including phenoxy) is 1. The molecule has 9 heteroatoms. The number of amides is 1. The van der Waals surface area contributed by atoms with E-state index in [1.165, 1.54) is 0 Å². The van der Waals surface area contributed by atoms with Crippen molar-refractivity contribution in [2.24, 2.45) is 11.7 Å². The molecule has 8 nitrogen and oxygen atoms in total. The third-order valence-electron chi connectivity index (χ3n) is 4.84. The number of nitrogens with one attached hydrogen (secondary N) is 1. The van der Waals surface area contributed by atoms with Crippen molar-refractivity contribution in [1.29, 1.82) is 0 Å². The number of nitrogens with zero attached hydrogens (tertiary/aromatic N) is 2. The number of rotatable bonds is 9. The molecule has 1 saturated carbocycles. The Morgan fingerprint density at radius 1 is 1.44 bits per heavy atom. The Morgan fingerprint density at radius 2 is 2.26 bits per heavy atom. The molecule has 2 unspecified atom stereocenters. The monoisotopic (exact) mass is 396 g/mol. The second-order valence-corrected chi connectivity index (χ2v) is 8.16. The highest BCUT2D eigenvalue weighted by Crippen LogP contribution is 2.40. The minimum Gasteiger partial charge on any atom is -0.466 e. The van der Waals surface area contributed by atoms with Crippen molar-refractivity contribution in [3.05, 3.63) is 17.5 Å². The van der Waals surface area contributed by atoms with Crippen LogP contribution < -0.4 is 11.1 Å². The van der Waals surface area contributed by atoms with Crippen molar-refractivity contribution in [2.45, 2.75) is 44.6 Å². The van der Waals surface area contributed by atoms with Crippen LogP contribution in [0.5, 0.6) is 0 Å². The lowest BCUT2D eigenvalue weighted by molar-refractivity contribution is -0.150. The quantitative estimate of drug-likeness (QED) is 0.367. The summed E-state index contributed by atoms with van der Waals surface area (Å²) in [5.41, 5.74) is 5.83. The van der Waals surface area contributed by atoms with E-state index in [4.69, 9.17) is 15.0 Å². The molecule has 0 spiro atoms. The largest absolute Gasteiger partial charge is 0.466 e. The van der Waals surface area contributed by atoms with Crippen molar-refractivity contribution in [3.63, 3.8) is 0 Å². The molecule has 3 N–H and O–H groups in total. The molecular formula is C18H28N4O4S. The maximum absolute atomic E-state index is 12.6. The molecule has 0 aromatic carbocycles. The standard InChI is InChI=1S/C18H28N4O4S/c1-2-25-18(24)13-11-22(27-9-3-7-19)8-6-14(13)20-17(23)15-10-16(26-21-15)12-4-5-12/h10,12-14H,2-9,11,19H2,1H3,(H,20,23). The molecule has 2 fully saturated rings. The van der Waals surface area contributed by atoms with Crippen molar-refractivity contribution < 1.29 is 18.8 Å². The summed E-state index contributed by atoms with van der Waals surface area (Å²) in [6, 6.07) is 1.44. The van der Waals surface area contributed by atoms with Crippen molar-refractivity contribution in [1.82, 2.24) is 14.8 Å². The van der Waals surface area contributed by atoms with Crippen LogP contribution in [0.1, 0.15) is 54.8 Å². The predicted molar refractivity (Wildman–Crippen MR) is 102 cm³/mol. The fourth-order valence-corrected chi connectivity index (χ4v) is 4.23. The minimum atomic E-state index is -0.400. The number of esters is 1. The summed E-state index contributed by atoms with van der Waals surface area (Å²) in [5, 5.41) is 6.85. The zero-order chi connectivity index (χ0) is 19.2. The Bertz CT molecular complexity index is 649. The van der Waals surface area contributed by atoms with E-state index in [9.17, 15) is 9.59 Å². The summed E-state index contributed by atoms with van der Waals surface area (Å²) < 4.78 is 12.7. The first-order valence-electron chi connectivity index (χ1n) is 9.64. The summed E-state index contributed by atoms with van der Waals surface area (Å²) in [4.78, 5) is 25.0. The normalized spacial score (nSPS) is 23.2. The molecule has 1 saturated heterocycles. The molecule has 1 aliphatic carbocycles. The van der Waals surface area contributed by atoms with Gasteiger partial charge >= 0.3 is 5.97 Å². The van der Waals surface area contributed by atoms with E-state index in [1.54, 1.807) is 24.9 Å². The van der Waals surface area contributed by atoms with E-state index < -0.39 is 5.92 Å². The number of carbonyl (C=O) groups is 2. The highest BCUT2D eigenvalue weighted by molar-refractivity contribution is 7.97. The molecular weight excluding hydrogens is 368 g/mol. The highest BCUT2D eigenvalue weighted by atomic mass is 32.2. The summed E-state index contributed by atoms with van der Waals surface area (Å²) in [6.07, 6.45) is 3.78. The molecule has 1 aromatic rings. The Balaban J connectivity index is 1.60. The number of aromatic nitrogens is 1. The Hall–Kier alpha value is -1.58. The lowest BCUT2D eigenvalue weighted by atomic mass is 9.93. The molecule has 2 heterocycles. The zero-order valence-electron chi connectivity index (χ0n) is 15.7. The molecule has 3 rings (SSSR count). The summed E-state index contributed by atoms with van der Waals surface area (Å²) in [7, 11) is 0. The predicted octanol–water partition coefficient (Wildman–Crippen LogP) is 1.53. The Labute approximate surface area is 163 Å². The molecule has 0 radical (unpaired) electrons. The molecule has 1 aromatic heterocycles. The smallest absolute Gasteiger partial charge is 0.312 e. The lowest BCUT2D eigenvalue weighted by Crippen LogP contribution is -2.52. The topological polar surface area (TPSA) is 111 Å². The third-order valence-corrected chi connectivity index (χ3v) is 6.01. The van der Waals surface area contributed by atoms with Crippen LogP contribution >= 0.6 is 11.9 Å². The first-order chi connectivity index (χ1) is 13.1. The first kappa shape index (κ1) is 20.2. The van der Waals surface area contributed by atoms with Crippen molar-refractivity contribution in [3.8, 4) is 0 Å². The van der Waals surface area contributed by atoms with Gasteiger partial charge in [-0.25, -0.2) is 4.31 Å². The van der Waals surface area contributed by atoms with Gasteiger partial charge in [0, 0.05) is 36.9 Å². The first-order valence-corrected chi connectivity index (χ1v) is 10.6. The van der Waals surface area contributed by atoms with Gasteiger partial charge in [0.25, 0.3) is 5.91 Å². The van der Waals surface area contributed by atoms with E-state index in [0.29, 0.717) is 32.0 Å². The van der Waals surface area contributed by atoms with Crippen LogP contribution in [0.2, 0.25) is 0 Å². The van der Waals surface area contributed by atoms with Crippen LogP contribution in [-0.2, 0) is 9.53 Å². The second-order valence-electron chi connectivity index (χ2n) is 6.98. The molecule has 2 atom stereocenters. The van der Waals surface area contributed by atoms with E-state index in [1.807, 2.05) is 0 Å². The number of carbonyl (C=O) groups excluding carboxylic acids is 2. The third kappa shape index (κ3) is 5.46. The maximum Gasteiger partial charge on any atom is 0.312 e. The molecule has 1 aliphatic heterocycles. The maximum atomic E-state index is 12.6. The average Bonchev–Trinajstić information content (AvgIpc) is 3.39. The number of nitrogens with two attached hydrogens (primary N) is 1. The van der Waals surface area contributed by atoms with Gasteiger partial charge in [-0.3, -0.25) is 9.59 Å². The van der Waals surface area contributed by atoms with Crippen LogP contribution in [0.3, 0.4) is 0 Å². The second kappa shape index (κ2) is 9.57. The molecule has 150 valence electrons.